The summed E-state index contributed by atoms with van der Waals surface area (Å²) >= 11 is 3.31. The van der Waals surface area contributed by atoms with Gasteiger partial charge in [-0.1, -0.05) is 6.07 Å². The van der Waals surface area contributed by atoms with E-state index in [1.807, 2.05) is 6.07 Å². The van der Waals surface area contributed by atoms with Gasteiger partial charge in [-0.15, -0.1) is 0 Å². The molecule has 0 aliphatic rings. The summed E-state index contributed by atoms with van der Waals surface area (Å²) < 4.78 is 5.88. The Bertz CT molecular complexity index is 368. The molecule has 1 rings (SSSR count). The first-order valence-electron chi connectivity index (χ1n) is 4.26. The van der Waals surface area contributed by atoms with Crippen molar-refractivity contribution >= 4 is 21.8 Å². The zero-order chi connectivity index (χ0) is 11.4. The molecular weight excluding hydrogens is 262 g/mol. The summed E-state index contributed by atoms with van der Waals surface area (Å²) in [5.74, 6) is 0.252. The van der Waals surface area contributed by atoms with Crippen molar-refractivity contribution in [3.8, 4) is 5.75 Å². The smallest absolute Gasteiger partial charge is 0.280 e. The molecule has 0 unspecified atom stereocenters. The van der Waals surface area contributed by atoms with Gasteiger partial charge in [0.1, 0.15) is 5.75 Å². The van der Waals surface area contributed by atoms with Gasteiger partial charge in [-0.3, -0.25) is 9.63 Å². The fourth-order valence-electron chi connectivity index (χ4n) is 1.14. The van der Waals surface area contributed by atoms with Crippen LogP contribution in [-0.2, 0) is 4.84 Å². The summed E-state index contributed by atoms with van der Waals surface area (Å²) in [5.41, 5.74) is 0.455. The van der Waals surface area contributed by atoms with Crippen LogP contribution in [0.4, 0.5) is 0 Å². The summed E-state index contributed by atoms with van der Waals surface area (Å²) in [4.78, 5) is 16.6. The number of amides is 1. The fourth-order valence-corrected chi connectivity index (χ4v) is 1.67. The second-order valence-corrected chi connectivity index (χ2v) is 3.66. The number of carbonyl (C=O) groups is 1. The average Bonchev–Trinajstić information content (AvgIpc) is 2.26. The van der Waals surface area contributed by atoms with E-state index in [-0.39, 0.29) is 5.91 Å². The van der Waals surface area contributed by atoms with Crippen LogP contribution in [-0.4, -0.2) is 32.2 Å². The fraction of sp³-hybridized carbons (Fsp3) is 0.300. The molecular formula is C10H12BrNO3. The van der Waals surface area contributed by atoms with E-state index in [2.05, 4.69) is 15.9 Å². The second kappa shape index (κ2) is 5.14. The molecule has 0 aromatic heterocycles. The Morgan fingerprint density at radius 2 is 2.07 bits per heavy atom. The molecule has 0 radical (unpaired) electrons. The van der Waals surface area contributed by atoms with Crippen molar-refractivity contribution < 1.29 is 14.4 Å². The van der Waals surface area contributed by atoms with Crippen LogP contribution in [0.25, 0.3) is 0 Å². The third-order valence-electron chi connectivity index (χ3n) is 1.96. The van der Waals surface area contributed by atoms with Crippen molar-refractivity contribution in [2.45, 2.75) is 0 Å². The molecule has 0 spiro atoms. The molecule has 4 nitrogen and oxygen atoms in total. The summed E-state index contributed by atoms with van der Waals surface area (Å²) in [6.07, 6.45) is 0. The van der Waals surface area contributed by atoms with Crippen LogP contribution in [0, 0.1) is 0 Å². The summed E-state index contributed by atoms with van der Waals surface area (Å²) in [6, 6.07) is 5.26. The van der Waals surface area contributed by atoms with Gasteiger partial charge < -0.3 is 4.74 Å². The highest BCUT2D eigenvalue weighted by Gasteiger charge is 2.17. The van der Waals surface area contributed by atoms with Crippen molar-refractivity contribution in [3.05, 3.63) is 28.2 Å². The first-order chi connectivity index (χ1) is 7.11. The first kappa shape index (κ1) is 12.0. The van der Waals surface area contributed by atoms with Crippen molar-refractivity contribution in [3.63, 3.8) is 0 Å². The lowest BCUT2D eigenvalue weighted by molar-refractivity contribution is -0.0758. The quantitative estimate of drug-likeness (QED) is 0.792. The Morgan fingerprint density at radius 3 is 2.60 bits per heavy atom. The maximum Gasteiger partial charge on any atom is 0.280 e. The molecule has 82 valence electrons. The van der Waals surface area contributed by atoms with Crippen LogP contribution in [0.1, 0.15) is 10.4 Å². The number of hydroxylamine groups is 2. The molecule has 1 aromatic carbocycles. The first-order valence-corrected chi connectivity index (χ1v) is 5.05. The van der Waals surface area contributed by atoms with Gasteiger partial charge in [0.15, 0.2) is 0 Å². The Kier molecular flexibility index (Phi) is 4.11. The monoisotopic (exact) mass is 273 g/mol. The summed E-state index contributed by atoms with van der Waals surface area (Å²) in [6.45, 7) is 0. The van der Waals surface area contributed by atoms with E-state index < -0.39 is 0 Å². The summed E-state index contributed by atoms with van der Waals surface area (Å²) in [7, 11) is 4.49. The highest BCUT2D eigenvalue weighted by atomic mass is 79.9. The number of rotatable bonds is 3. The number of hydrogen-bond donors (Lipinski definition) is 0. The van der Waals surface area contributed by atoms with Gasteiger partial charge in [-0.2, -0.15) is 0 Å². The molecule has 0 heterocycles. The van der Waals surface area contributed by atoms with Crippen LogP contribution in [0.2, 0.25) is 0 Å². The standard InChI is InChI=1S/C10H12BrNO3/c1-12(15-3)10(13)7-5-4-6-8(11)9(7)14-2/h4-6H,1-3H3. The third-order valence-corrected chi connectivity index (χ3v) is 2.59. The predicted molar refractivity (Wildman–Crippen MR) is 59.8 cm³/mol. The SMILES string of the molecule is COc1c(Br)cccc1C(=O)N(C)OC. The molecule has 0 aliphatic heterocycles. The maximum atomic E-state index is 11.8. The molecule has 0 saturated carbocycles. The van der Waals surface area contributed by atoms with Gasteiger partial charge in [0.2, 0.25) is 0 Å². The number of benzene rings is 1. The van der Waals surface area contributed by atoms with E-state index in [1.54, 1.807) is 19.2 Å². The normalized spacial score (nSPS) is 9.87. The molecule has 0 bridgehead atoms. The van der Waals surface area contributed by atoms with Crippen molar-refractivity contribution in [1.29, 1.82) is 0 Å². The summed E-state index contributed by atoms with van der Waals surface area (Å²) in [5, 5.41) is 1.14. The zero-order valence-corrected chi connectivity index (χ0v) is 10.4. The largest absolute Gasteiger partial charge is 0.495 e. The number of carbonyl (C=O) groups excluding carboxylic acids is 1. The minimum atomic E-state index is -0.254. The van der Waals surface area contributed by atoms with Gasteiger partial charge in [0.05, 0.1) is 24.3 Å². The number of ether oxygens (including phenoxy) is 1. The lowest BCUT2D eigenvalue weighted by Crippen LogP contribution is -2.25. The lowest BCUT2D eigenvalue weighted by Gasteiger charge is -2.16. The minimum Gasteiger partial charge on any atom is -0.495 e. The van der Waals surface area contributed by atoms with E-state index >= 15 is 0 Å². The topological polar surface area (TPSA) is 38.8 Å². The highest BCUT2D eigenvalue weighted by molar-refractivity contribution is 9.10. The molecule has 0 atom stereocenters. The molecule has 0 aliphatic carbocycles. The van der Waals surface area contributed by atoms with Gasteiger partial charge in [-0.05, 0) is 28.1 Å². The Hall–Kier alpha value is -1.07. The van der Waals surface area contributed by atoms with Crippen molar-refractivity contribution in [2.75, 3.05) is 21.3 Å². The minimum absolute atomic E-state index is 0.254. The van der Waals surface area contributed by atoms with E-state index in [9.17, 15) is 4.79 Å². The molecule has 0 saturated heterocycles. The molecule has 1 aromatic rings. The predicted octanol–water partition coefficient (Wildman–Crippen LogP) is 2.09. The molecule has 0 fully saturated rings. The second-order valence-electron chi connectivity index (χ2n) is 2.81. The van der Waals surface area contributed by atoms with E-state index in [0.29, 0.717) is 11.3 Å². The Morgan fingerprint density at radius 1 is 1.40 bits per heavy atom. The van der Waals surface area contributed by atoms with Crippen molar-refractivity contribution in [1.82, 2.24) is 5.06 Å². The van der Waals surface area contributed by atoms with Gasteiger partial charge in [0, 0.05) is 7.05 Å². The number of methoxy groups -OCH3 is 1. The van der Waals surface area contributed by atoms with Crippen LogP contribution >= 0.6 is 15.9 Å². The molecule has 5 heteroatoms. The van der Waals surface area contributed by atoms with E-state index in [0.717, 1.165) is 9.54 Å². The van der Waals surface area contributed by atoms with Gasteiger partial charge >= 0.3 is 0 Å². The average molecular weight is 274 g/mol. The number of nitrogens with zero attached hydrogens (tertiary/aromatic N) is 1. The van der Waals surface area contributed by atoms with Gasteiger partial charge in [0.25, 0.3) is 5.91 Å². The van der Waals surface area contributed by atoms with Crippen LogP contribution in [0.15, 0.2) is 22.7 Å². The Balaban J connectivity index is 3.13. The number of halogens is 1. The van der Waals surface area contributed by atoms with Crippen molar-refractivity contribution in [2.24, 2.45) is 0 Å². The lowest BCUT2D eigenvalue weighted by atomic mass is 10.2. The van der Waals surface area contributed by atoms with E-state index in [4.69, 9.17) is 9.57 Å². The Labute approximate surface area is 96.9 Å². The number of hydrogen-bond acceptors (Lipinski definition) is 3. The van der Waals surface area contributed by atoms with Crippen LogP contribution < -0.4 is 4.74 Å². The maximum absolute atomic E-state index is 11.8. The molecule has 0 N–H and O–H groups in total. The van der Waals surface area contributed by atoms with E-state index in [1.165, 1.54) is 14.2 Å². The third kappa shape index (κ3) is 2.49. The zero-order valence-electron chi connectivity index (χ0n) is 8.78. The molecule has 1 amide bonds. The number of para-hydroxylation sites is 1. The molecule has 15 heavy (non-hydrogen) atoms. The van der Waals surface area contributed by atoms with Crippen LogP contribution in [0.5, 0.6) is 5.75 Å². The van der Waals surface area contributed by atoms with Crippen LogP contribution in [0.3, 0.4) is 0 Å². The highest BCUT2D eigenvalue weighted by Crippen LogP contribution is 2.29. The van der Waals surface area contributed by atoms with Gasteiger partial charge in [-0.25, -0.2) is 5.06 Å².